The van der Waals surface area contributed by atoms with Gasteiger partial charge in [-0.3, -0.25) is 106 Å². The number of nitrogens with two attached hydrogens (primary N) is 8. The summed E-state index contributed by atoms with van der Waals surface area (Å²) >= 11 is 0. The SMILES string of the molecule is CC[C@H](C)[C@H](NC(=O)[C@H](C)NC(=O)[C@H](CC(C)C)NC(=O)[C@H](CCC(N)=O)NC(=O)[C@H](CCCN=C(N)N)NC(=O)CNC(=O)[C@@H](NC(=O)[C@H](CCC(N)=O)NC(=O)CN)C(C)C)C(=O)N[C@H](C(=O)NCC(=O)N[C@@H](CC(=O)O)C(=O)N[C@@H](CC(=O)O)C(=O)N[C@@H](Cc1ccccc1)C(=O)N[C@@H](CC(N)=O)C(=O)N[C@@H](CCCN=C(N)N)C(=O)O)[C@@H](C)CC. The van der Waals surface area contributed by atoms with E-state index in [0.717, 1.165) is 0 Å². The molecule has 0 saturated heterocycles. The zero-order chi connectivity index (χ0) is 94.4. The van der Waals surface area contributed by atoms with Crippen LogP contribution < -0.4 is 126 Å². The van der Waals surface area contributed by atoms with Gasteiger partial charge in [0.1, 0.15) is 78.5 Å². The van der Waals surface area contributed by atoms with Crippen molar-refractivity contribution in [1.29, 1.82) is 0 Å². The molecule has 0 unspecified atom stereocenters. The van der Waals surface area contributed by atoms with Gasteiger partial charge in [0, 0.05) is 32.4 Å². The van der Waals surface area contributed by atoms with Crippen molar-refractivity contribution in [2.45, 2.75) is 237 Å². The van der Waals surface area contributed by atoms with Crippen LogP contribution in [0.4, 0.5) is 0 Å². The normalized spacial score (nSPS) is 14.5. The number of carbonyl (C=O) groups excluding carboxylic acids is 18. The Labute approximate surface area is 714 Å². The topological polar surface area (TPSA) is 832 Å². The molecular weight excluding hydrogens is 1630 g/mol. The quantitative estimate of drug-likeness (QED) is 0.0164. The summed E-state index contributed by atoms with van der Waals surface area (Å²) in [6.45, 7) is 11.7. The fraction of sp³-hybridized carbons (Fsp3) is 0.613. The number of aliphatic carboxylic acids is 3. The molecule has 49 nitrogen and oxygen atoms in total. The third kappa shape index (κ3) is 43.2. The van der Waals surface area contributed by atoms with E-state index in [1.54, 1.807) is 54.5 Å². The molecule has 49 heteroatoms. The first-order valence-electron chi connectivity index (χ1n) is 39.9. The molecule has 0 aliphatic rings. The van der Waals surface area contributed by atoms with Gasteiger partial charge in [-0.25, -0.2) is 4.79 Å². The van der Waals surface area contributed by atoms with Crippen molar-refractivity contribution < 1.29 is 116 Å². The van der Waals surface area contributed by atoms with Gasteiger partial charge in [0.15, 0.2) is 11.9 Å². The van der Waals surface area contributed by atoms with Gasteiger partial charge < -0.3 is 141 Å². The summed E-state index contributed by atoms with van der Waals surface area (Å²) < 4.78 is 0. The predicted molar refractivity (Wildman–Crippen MR) is 442 cm³/mol. The molecule has 15 atom stereocenters. The summed E-state index contributed by atoms with van der Waals surface area (Å²) in [6.07, 6.45) is -5.45. The summed E-state index contributed by atoms with van der Waals surface area (Å²) in [7, 11) is 0. The largest absolute Gasteiger partial charge is 0.481 e. The fourth-order valence-electron chi connectivity index (χ4n) is 11.6. The number of benzene rings is 1. The van der Waals surface area contributed by atoms with Crippen LogP contribution in [-0.2, 0) is 107 Å². The average molecular weight is 1760 g/mol. The van der Waals surface area contributed by atoms with Crippen molar-refractivity contribution >= 4 is 136 Å². The van der Waals surface area contributed by atoms with E-state index in [9.17, 15) is 116 Å². The second-order valence-corrected chi connectivity index (χ2v) is 30.0. The number of aliphatic imine (C=N–C) groups is 2. The lowest BCUT2D eigenvalue weighted by Gasteiger charge is -2.30. The number of amides is 18. The number of carboxylic acid groups (broad SMARTS) is 3. The molecule has 1 aromatic carbocycles. The molecule has 34 N–H and O–H groups in total. The Balaban J connectivity index is 3.49. The van der Waals surface area contributed by atoms with E-state index in [4.69, 9.17) is 45.9 Å². The minimum absolute atomic E-state index is 0.0256. The minimum Gasteiger partial charge on any atom is -0.481 e. The summed E-state index contributed by atoms with van der Waals surface area (Å²) in [6, 6.07) is -13.7. The molecule has 0 spiro atoms. The van der Waals surface area contributed by atoms with Crippen LogP contribution >= 0.6 is 0 Å². The summed E-state index contributed by atoms with van der Waals surface area (Å²) in [4.78, 5) is 287. The highest BCUT2D eigenvalue weighted by Gasteiger charge is 2.39. The first kappa shape index (κ1) is 109. The molecule has 692 valence electrons. The minimum atomic E-state index is -2.17. The molecule has 18 amide bonds. The van der Waals surface area contributed by atoms with Crippen LogP contribution in [0, 0.1) is 23.7 Å². The van der Waals surface area contributed by atoms with Crippen molar-refractivity contribution in [2.75, 3.05) is 32.7 Å². The average Bonchev–Trinajstić information content (AvgIpc) is 0.847. The van der Waals surface area contributed by atoms with Crippen molar-refractivity contribution in [3.63, 3.8) is 0 Å². The van der Waals surface area contributed by atoms with E-state index >= 15 is 0 Å². The second-order valence-electron chi connectivity index (χ2n) is 30.0. The molecule has 0 aliphatic carbocycles. The van der Waals surface area contributed by atoms with E-state index in [2.05, 4.69) is 84.4 Å². The third-order valence-electron chi connectivity index (χ3n) is 18.8. The maximum absolute atomic E-state index is 14.4. The Hall–Kier alpha value is -13.4. The number of carbonyl (C=O) groups is 21. The maximum Gasteiger partial charge on any atom is 0.326 e. The zero-order valence-electron chi connectivity index (χ0n) is 70.8. The van der Waals surface area contributed by atoms with Crippen LogP contribution in [0.25, 0.3) is 0 Å². The highest BCUT2D eigenvalue weighted by molar-refractivity contribution is 6.02. The molecule has 0 heterocycles. The first-order chi connectivity index (χ1) is 58.0. The van der Waals surface area contributed by atoms with Crippen LogP contribution in [-0.4, -0.2) is 263 Å². The smallest absolute Gasteiger partial charge is 0.326 e. The summed E-state index contributed by atoms with van der Waals surface area (Å²) in [5, 5.41) is 65.0. The van der Waals surface area contributed by atoms with Crippen LogP contribution in [0.3, 0.4) is 0 Å². The van der Waals surface area contributed by atoms with Gasteiger partial charge in [0.2, 0.25) is 106 Å². The Morgan fingerprint density at radius 1 is 0.363 bits per heavy atom. The van der Waals surface area contributed by atoms with Gasteiger partial charge in [-0.15, -0.1) is 0 Å². The van der Waals surface area contributed by atoms with E-state index in [1.807, 2.05) is 5.32 Å². The molecule has 0 radical (unpaired) electrons. The van der Waals surface area contributed by atoms with Crippen molar-refractivity contribution in [3.05, 3.63) is 35.9 Å². The number of rotatable bonds is 60. The first-order valence-corrected chi connectivity index (χ1v) is 39.9. The molecule has 0 fully saturated rings. The lowest BCUT2D eigenvalue weighted by Crippen LogP contribution is -2.61. The molecule has 1 aromatic rings. The maximum atomic E-state index is 14.4. The standard InChI is InChI=1S/C75H123N25O24/c1-10-37(7)59(71(121)87-34-55(106)91-48(30-56(107)108)68(118)97-49(31-57(109)110)69(119)95-46(28-40-17-13-12-14-18-40)66(116)96-47(29-52(79)103)67(117)93-44(73(123)124)20-16-26-85-75(82)83)100-72(122)60(38(8)11-2)99-61(111)39(9)88-65(115)45(27-35(3)4)94-63(113)43(22-24-51(78)102)92-62(112)41(19-15-25-84-74(80)81)90-54(105)33-86-70(120)58(36(5)6)98-64(114)42(21-23-50(77)101)89-53(104)32-76/h12-14,17-18,35-39,41-49,58-60H,10-11,15-16,19-34,76H2,1-9H3,(H2,77,101)(H2,78,102)(H2,79,103)(H,86,120)(H,87,121)(H,88,115)(H,89,104)(H,90,105)(H,91,106)(H,92,112)(H,93,117)(H,94,113)(H,95,119)(H,96,116)(H,97,118)(H,98,114)(H,99,111)(H,100,122)(H,107,108)(H,109,110)(H,123,124)(H4,80,81,84)(H4,82,83,85)/t37-,38-,39-,41-,42-,43-,44-,45-,46-,47-,48-,49-,58-,59-,60-/m0/s1. The second kappa shape index (κ2) is 56.2. The number of nitrogens with one attached hydrogen (secondary N) is 15. The van der Waals surface area contributed by atoms with Crippen LogP contribution in [0.15, 0.2) is 40.3 Å². The molecule has 1 rings (SSSR count). The molecule has 0 saturated carbocycles. The summed E-state index contributed by atoms with van der Waals surface area (Å²) in [5.74, 6) is -26.9. The van der Waals surface area contributed by atoms with Gasteiger partial charge in [0.05, 0.1) is 38.9 Å². The van der Waals surface area contributed by atoms with Gasteiger partial charge in [-0.2, -0.15) is 0 Å². The van der Waals surface area contributed by atoms with E-state index in [1.165, 1.54) is 38.1 Å². The molecule has 0 aliphatic heterocycles. The molecular formula is C75H123N25O24. The molecule has 0 aromatic heterocycles. The predicted octanol–water partition coefficient (Wildman–Crippen LogP) is -9.92. The summed E-state index contributed by atoms with van der Waals surface area (Å²) in [5.41, 5.74) is 43.4. The fourth-order valence-corrected chi connectivity index (χ4v) is 11.6. The van der Waals surface area contributed by atoms with Gasteiger partial charge in [-0.05, 0) is 81.1 Å². The third-order valence-corrected chi connectivity index (χ3v) is 18.8. The number of nitrogens with zero attached hydrogens (tertiary/aromatic N) is 2. The number of hydrogen-bond acceptors (Lipinski definition) is 24. The van der Waals surface area contributed by atoms with Crippen LogP contribution in [0.2, 0.25) is 0 Å². The lowest BCUT2D eigenvalue weighted by molar-refractivity contribution is -0.143. The zero-order valence-corrected chi connectivity index (χ0v) is 70.8. The van der Waals surface area contributed by atoms with Crippen molar-refractivity contribution in [3.8, 4) is 0 Å². The Morgan fingerprint density at radius 3 is 1.15 bits per heavy atom. The van der Waals surface area contributed by atoms with Crippen molar-refractivity contribution in [2.24, 2.45) is 79.5 Å². The Kier molecular flexibility index (Phi) is 49.3. The number of guanidine groups is 2. The number of hydrogen-bond donors (Lipinski definition) is 26. The number of carboxylic acids is 3. The molecule has 124 heavy (non-hydrogen) atoms. The molecule has 0 bridgehead atoms. The van der Waals surface area contributed by atoms with E-state index < -0.39 is 279 Å². The number of primary amides is 3. The Morgan fingerprint density at radius 2 is 0.718 bits per heavy atom. The lowest BCUT2D eigenvalue weighted by atomic mass is 9.94. The monoisotopic (exact) mass is 1760 g/mol. The van der Waals surface area contributed by atoms with Crippen LogP contribution in [0.5, 0.6) is 0 Å². The van der Waals surface area contributed by atoms with Gasteiger partial charge in [0.25, 0.3) is 0 Å². The van der Waals surface area contributed by atoms with Crippen molar-refractivity contribution in [1.82, 2.24) is 79.8 Å². The highest BCUT2D eigenvalue weighted by Crippen LogP contribution is 2.16. The highest BCUT2D eigenvalue weighted by atomic mass is 16.4. The van der Waals surface area contributed by atoms with Gasteiger partial charge >= 0.3 is 17.9 Å². The van der Waals surface area contributed by atoms with E-state index in [-0.39, 0.29) is 88.7 Å². The van der Waals surface area contributed by atoms with Gasteiger partial charge in [-0.1, -0.05) is 98.6 Å². The van der Waals surface area contributed by atoms with Crippen LogP contribution in [0.1, 0.15) is 158 Å². The van der Waals surface area contributed by atoms with E-state index in [0.29, 0.717) is 5.56 Å². The Bertz CT molecular complexity index is 3950.